The van der Waals surface area contributed by atoms with Crippen LogP contribution in [0.1, 0.15) is 20.8 Å². The SMILES string of the molecule is O=C(N/N=C/c1cccc(Cl)c1)/C(=C\c1cccs1)NC(=O)c1ccccc1. The number of amides is 2. The largest absolute Gasteiger partial charge is 0.317 e. The molecule has 0 aliphatic carbocycles. The summed E-state index contributed by atoms with van der Waals surface area (Å²) in [5, 5.41) is 9.05. The fourth-order valence-electron chi connectivity index (χ4n) is 2.27. The van der Waals surface area contributed by atoms with Gasteiger partial charge in [-0.25, -0.2) is 5.43 Å². The molecule has 0 saturated carbocycles. The fraction of sp³-hybridized carbons (Fsp3) is 0. The van der Waals surface area contributed by atoms with Gasteiger partial charge < -0.3 is 5.32 Å². The lowest BCUT2D eigenvalue weighted by Gasteiger charge is -2.08. The summed E-state index contributed by atoms with van der Waals surface area (Å²) in [4.78, 5) is 25.8. The molecule has 2 aromatic carbocycles. The normalized spacial score (nSPS) is 11.4. The number of carbonyl (C=O) groups is 2. The summed E-state index contributed by atoms with van der Waals surface area (Å²) in [6, 6.07) is 19.4. The molecule has 2 N–H and O–H groups in total. The second kappa shape index (κ2) is 9.64. The molecule has 0 atom stereocenters. The minimum Gasteiger partial charge on any atom is -0.317 e. The number of nitrogens with zero attached hydrogens (tertiary/aromatic N) is 1. The summed E-state index contributed by atoms with van der Waals surface area (Å²) in [6.07, 6.45) is 3.08. The standard InChI is InChI=1S/C21H16ClN3O2S/c22-17-9-4-6-15(12-17)14-23-25-21(27)19(13-18-10-5-11-28-18)24-20(26)16-7-2-1-3-8-16/h1-14H,(H,24,26)(H,25,27)/b19-13+,23-14+. The van der Waals surface area contributed by atoms with Crippen LogP contribution in [0.5, 0.6) is 0 Å². The molecular formula is C21H16ClN3O2S. The first-order chi connectivity index (χ1) is 13.6. The van der Waals surface area contributed by atoms with E-state index < -0.39 is 5.91 Å². The summed E-state index contributed by atoms with van der Waals surface area (Å²) in [6.45, 7) is 0. The van der Waals surface area contributed by atoms with E-state index in [-0.39, 0.29) is 11.6 Å². The third-order valence-corrected chi connectivity index (χ3v) is 4.64. The maximum Gasteiger partial charge on any atom is 0.287 e. The van der Waals surface area contributed by atoms with Gasteiger partial charge >= 0.3 is 0 Å². The van der Waals surface area contributed by atoms with E-state index in [9.17, 15) is 9.59 Å². The molecule has 28 heavy (non-hydrogen) atoms. The zero-order valence-corrected chi connectivity index (χ0v) is 16.2. The Labute approximate surface area is 171 Å². The molecule has 7 heteroatoms. The number of hydrogen-bond acceptors (Lipinski definition) is 4. The van der Waals surface area contributed by atoms with E-state index in [0.29, 0.717) is 10.6 Å². The highest BCUT2D eigenvalue weighted by molar-refractivity contribution is 7.10. The maximum absolute atomic E-state index is 12.6. The number of benzene rings is 2. The van der Waals surface area contributed by atoms with E-state index in [1.54, 1.807) is 54.6 Å². The average molecular weight is 410 g/mol. The minimum absolute atomic E-state index is 0.0968. The van der Waals surface area contributed by atoms with Crippen LogP contribution in [0.4, 0.5) is 0 Å². The van der Waals surface area contributed by atoms with Gasteiger partial charge in [-0.15, -0.1) is 11.3 Å². The molecule has 0 spiro atoms. The number of nitrogens with one attached hydrogen (secondary N) is 2. The van der Waals surface area contributed by atoms with Gasteiger partial charge in [0.05, 0.1) is 6.21 Å². The van der Waals surface area contributed by atoms with Crippen LogP contribution in [-0.2, 0) is 4.79 Å². The van der Waals surface area contributed by atoms with Crippen LogP contribution in [0.25, 0.3) is 6.08 Å². The summed E-state index contributed by atoms with van der Waals surface area (Å²) >= 11 is 7.38. The molecule has 0 radical (unpaired) electrons. The topological polar surface area (TPSA) is 70.6 Å². The molecule has 3 aromatic rings. The fourth-order valence-corrected chi connectivity index (χ4v) is 3.13. The molecule has 2 amide bonds. The number of halogens is 1. The lowest BCUT2D eigenvalue weighted by atomic mass is 10.2. The smallest absolute Gasteiger partial charge is 0.287 e. The molecule has 0 aliphatic rings. The first kappa shape index (κ1) is 19.5. The lowest BCUT2D eigenvalue weighted by molar-refractivity contribution is -0.117. The van der Waals surface area contributed by atoms with Crippen molar-refractivity contribution in [3.05, 3.63) is 98.8 Å². The van der Waals surface area contributed by atoms with Crippen LogP contribution < -0.4 is 10.7 Å². The molecule has 0 fully saturated rings. The average Bonchev–Trinajstić information content (AvgIpc) is 3.21. The van der Waals surface area contributed by atoms with Crippen molar-refractivity contribution in [3.8, 4) is 0 Å². The third-order valence-electron chi connectivity index (χ3n) is 3.59. The minimum atomic E-state index is -0.532. The summed E-state index contributed by atoms with van der Waals surface area (Å²) in [5.41, 5.74) is 3.72. The van der Waals surface area contributed by atoms with E-state index in [0.717, 1.165) is 10.4 Å². The van der Waals surface area contributed by atoms with Gasteiger partial charge in [-0.2, -0.15) is 5.10 Å². The molecule has 1 aromatic heterocycles. The Hall–Kier alpha value is -3.22. The van der Waals surface area contributed by atoms with E-state index in [1.165, 1.54) is 17.6 Å². The monoisotopic (exact) mass is 409 g/mol. The Morgan fingerprint density at radius 1 is 1.00 bits per heavy atom. The number of thiophene rings is 1. The highest BCUT2D eigenvalue weighted by atomic mass is 35.5. The molecule has 0 aliphatic heterocycles. The van der Waals surface area contributed by atoms with Crippen LogP contribution in [0.2, 0.25) is 5.02 Å². The van der Waals surface area contributed by atoms with Gasteiger partial charge in [-0.3, -0.25) is 9.59 Å². The number of rotatable bonds is 6. The van der Waals surface area contributed by atoms with Crippen LogP contribution in [0.15, 0.2) is 82.9 Å². The van der Waals surface area contributed by atoms with Crippen molar-refractivity contribution in [3.63, 3.8) is 0 Å². The molecule has 3 rings (SSSR count). The molecule has 0 saturated heterocycles. The quantitative estimate of drug-likeness (QED) is 0.361. The highest BCUT2D eigenvalue weighted by Gasteiger charge is 2.14. The Morgan fingerprint density at radius 2 is 1.82 bits per heavy atom. The van der Waals surface area contributed by atoms with Crippen molar-refractivity contribution in [1.82, 2.24) is 10.7 Å². The molecule has 140 valence electrons. The summed E-state index contributed by atoms with van der Waals surface area (Å²) < 4.78 is 0. The Kier molecular flexibility index (Phi) is 6.73. The van der Waals surface area contributed by atoms with Crippen molar-refractivity contribution in [2.75, 3.05) is 0 Å². The van der Waals surface area contributed by atoms with Gasteiger partial charge in [0, 0.05) is 15.5 Å². The second-order valence-corrected chi connectivity index (χ2v) is 7.06. The van der Waals surface area contributed by atoms with Gasteiger partial charge in [0.2, 0.25) is 0 Å². The van der Waals surface area contributed by atoms with Crippen LogP contribution >= 0.6 is 22.9 Å². The highest BCUT2D eigenvalue weighted by Crippen LogP contribution is 2.13. The van der Waals surface area contributed by atoms with Crippen molar-refractivity contribution >= 4 is 47.0 Å². The van der Waals surface area contributed by atoms with E-state index in [2.05, 4.69) is 15.8 Å². The molecule has 0 bridgehead atoms. The predicted molar refractivity (Wildman–Crippen MR) is 113 cm³/mol. The second-order valence-electron chi connectivity index (χ2n) is 5.65. The van der Waals surface area contributed by atoms with Crippen molar-refractivity contribution in [2.45, 2.75) is 0 Å². The van der Waals surface area contributed by atoms with E-state index >= 15 is 0 Å². The first-order valence-electron chi connectivity index (χ1n) is 8.32. The number of carbonyl (C=O) groups excluding carboxylic acids is 2. The zero-order valence-electron chi connectivity index (χ0n) is 14.6. The molecule has 1 heterocycles. The zero-order chi connectivity index (χ0) is 19.8. The van der Waals surface area contributed by atoms with E-state index in [4.69, 9.17) is 11.6 Å². The Morgan fingerprint density at radius 3 is 2.54 bits per heavy atom. The molecular weight excluding hydrogens is 394 g/mol. The van der Waals surface area contributed by atoms with E-state index in [1.807, 2.05) is 23.6 Å². The Bertz CT molecular complexity index is 1020. The van der Waals surface area contributed by atoms with Crippen molar-refractivity contribution in [2.24, 2.45) is 5.10 Å². The van der Waals surface area contributed by atoms with Crippen LogP contribution in [-0.4, -0.2) is 18.0 Å². The van der Waals surface area contributed by atoms with Crippen molar-refractivity contribution in [1.29, 1.82) is 0 Å². The van der Waals surface area contributed by atoms with Crippen LogP contribution in [0.3, 0.4) is 0 Å². The van der Waals surface area contributed by atoms with Gasteiger partial charge in [-0.1, -0.05) is 48.0 Å². The number of hydrazone groups is 1. The molecule has 5 nitrogen and oxygen atoms in total. The van der Waals surface area contributed by atoms with Gasteiger partial charge in [0.1, 0.15) is 5.70 Å². The van der Waals surface area contributed by atoms with Gasteiger partial charge in [-0.05, 0) is 47.4 Å². The van der Waals surface area contributed by atoms with Crippen LogP contribution in [0, 0.1) is 0 Å². The third kappa shape index (κ3) is 5.64. The lowest BCUT2D eigenvalue weighted by Crippen LogP contribution is -2.32. The van der Waals surface area contributed by atoms with Crippen molar-refractivity contribution < 1.29 is 9.59 Å². The Balaban J connectivity index is 1.74. The number of hydrogen-bond donors (Lipinski definition) is 2. The summed E-state index contributed by atoms with van der Waals surface area (Å²) in [5.74, 6) is -0.909. The predicted octanol–water partition coefficient (Wildman–Crippen LogP) is 4.32. The van der Waals surface area contributed by atoms with Gasteiger partial charge in [0.25, 0.3) is 11.8 Å². The maximum atomic E-state index is 12.6. The first-order valence-corrected chi connectivity index (χ1v) is 9.58. The summed E-state index contributed by atoms with van der Waals surface area (Å²) in [7, 11) is 0. The van der Waals surface area contributed by atoms with Gasteiger partial charge in [0.15, 0.2) is 0 Å². The molecule has 0 unspecified atom stereocenters.